The molecular weight excluding hydrogens is 328 g/mol. The van der Waals surface area contributed by atoms with E-state index in [4.69, 9.17) is 4.74 Å². The summed E-state index contributed by atoms with van der Waals surface area (Å²) < 4.78 is 5.39. The number of nitrogens with zero attached hydrogens (tertiary/aromatic N) is 3. The van der Waals surface area contributed by atoms with Gasteiger partial charge in [-0.2, -0.15) is 0 Å². The van der Waals surface area contributed by atoms with Crippen molar-refractivity contribution in [3.05, 3.63) is 42.2 Å². The predicted octanol–water partition coefficient (Wildman–Crippen LogP) is 2.76. The van der Waals surface area contributed by atoms with Crippen LogP contribution in [0.2, 0.25) is 0 Å². The zero-order valence-corrected chi connectivity index (χ0v) is 15.4. The average Bonchev–Trinajstić information content (AvgIpc) is 2.68. The second kappa shape index (κ2) is 8.76. The molecule has 1 aromatic carbocycles. The molecule has 0 radical (unpaired) electrons. The van der Waals surface area contributed by atoms with E-state index in [2.05, 4.69) is 34.0 Å². The van der Waals surface area contributed by atoms with E-state index >= 15 is 0 Å². The number of ether oxygens (including phenoxy) is 1. The van der Waals surface area contributed by atoms with Crippen LogP contribution in [0.5, 0.6) is 0 Å². The third kappa shape index (κ3) is 4.79. The lowest BCUT2D eigenvalue weighted by molar-refractivity contribution is 0.0952. The van der Waals surface area contributed by atoms with Crippen molar-refractivity contribution in [3.63, 3.8) is 0 Å². The molecule has 1 amide bonds. The highest BCUT2D eigenvalue weighted by Crippen LogP contribution is 2.21. The van der Waals surface area contributed by atoms with Crippen molar-refractivity contribution >= 4 is 11.7 Å². The Morgan fingerprint density at radius 2 is 1.92 bits per heavy atom. The number of benzene rings is 1. The van der Waals surface area contributed by atoms with Crippen molar-refractivity contribution in [2.24, 2.45) is 5.92 Å². The fourth-order valence-corrected chi connectivity index (χ4v) is 2.84. The van der Waals surface area contributed by atoms with Gasteiger partial charge in [0.15, 0.2) is 0 Å². The number of hydrogen-bond acceptors (Lipinski definition) is 5. The van der Waals surface area contributed by atoms with Gasteiger partial charge in [-0.25, -0.2) is 9.97 Å². The molecule has 1 aromatic heterocycles. The summed E-state index contributed by atoms with van der Waals surface area (Å²) in [4.78, 5) is 23.1. The first-order valence-corrected chi connectivity index (χ1v) is 9.17. The smallest absolute Gasteiger partial charge is 0.251 e. The van der Waals surface area contributed by atoms with E-state index in [0.717, 1.165) is 49.8 Å². The molecule has 2 heterocycles. The van der Waals surface area contributed by atoms with Crippen LogP contribution in [0.25, 0.3) is 11.3 Å². The molecule has 6 heteroatoms. The fraction of sp³-hybridized carbons (Fsp3) is 0.450. The normalized spacial score (nSPS) is 14.5. The molecule has 1 aliphatic heterocycles. The average molecular weight is 354 g/mol. The Hall–Kier alpha value is -2.47. The summed E-state index contributed by atoms with van der Waals surface area (Å²) in [6.45, 7) is 8.12. The van der Waals surface area contributed by atoms with Crippen LogP contribution >= 0.6 is 0 Å². The summed E-state index contributed by atoms with van der Waals surface area (Å²) >= 11 is 0. The molecular formula is C20H26N4O2. The van der Waals surface area contributed by atoms with Crippen LogP contribution < -0.4 is 10.2 Å². The summed E-state index contributed by atoms with van der Waals surface area (Å²) in [7, 11) is 0. The fourth-order valence-electron chi connectivity index (χ4n) is 2.84. The number of anilines is 1. The first-order valence-electron chi connectivity index (χ1n) is 9.17. The first kappa shape index (κ1) is 18.3. The number of aromatic nitrogens is 2. The van der Waals surface area contributed by atoms with Crippen LogP contribution in [0, 0.1) is 5.92 Å². The monoisotopic (exact) mass is 354 g/mol. The lowest BCUT2D eigenvalue weighted by atomic mass is 10.1. The van der Waals surface area contributed by atoms with Gasteiger partial charge < -0.3 is 15.0 Å². The van der Waals surface area contributed by atoms with Crippen molar-refractivity contribution in [1.82, 2.24) is 15.3 Å². The van der Waals surface area contributed by atoms with E-state index in [1.165, 1.54) is 0 Å². The molecule has 1 N–H and O–H groups in total. The van der Waals surface area contributed by atoms with Gasteiger partial charge in [-0.3, -0.25) is 4.79 Å². The number of morpholine rings is 1. The summed E-state index contributed by atoms with van der Waals surface area (Å²) in [5, 5.41) is 2.96. The standard InChI is InChI=1S/C20H26N4O2/c1-15(2)7-8-21-20(25)17-5-3-16(4-6-17)18-13-19(23-14-22-18)24-9-11-26-12-10-24/h3-6,13-15H,7-12H2,1-2H3,(H,21,25). The van der Waals surface area contributed by atoms with Crippen molar-refractivity contribution < 1.29 is 9.53 Å². The SMILES string of the molecule is CC(C)CCNC(=O)c1ccc(-c2cc(N3CCOCC3)ncn2)cc1. The van der Waals surface area contributed by atoms with E-state index in [1.54, 1.807) is 6.33 Å². The maximum atomic E-state index is 12.2. The molecule has 0 bridgehead atoms. The number of rotatable bonds is 6. The molecule has 0 unspecified atom stereocenters. The van der Waals surface area contributed by atoms with Gasteiger partial charge in [0.25, 0.3) is 5.91 Å². The highest BCUT2D eigenvalue weighted by atomic mass is 16.5. The van der Waals surface area contributed by atoms with Crippen molar-refractivity contribution in [3.8, 4) is 11.3 Å². The van der Waals surface area contributed by atoms with E-state index in [9.17, 15) is 4.79 Å². The molecule has 138 valence electrons. The second-order valence-electron chi connectivity index (χ2n) is 6.88. The molecule has 0 aliphatic carbocycles. The van der Waals surface area contributed by atoms with Gasteiger partial charge in [-0.15, -0.1) is 0 Å². The Balaban J connectivity index is 1.67. The van der Waals surface area contributed by atoms with Crippen LogP contribution in [-0.4, -0.2) is 48.7 Å². The maximum absolute atomic E-state index is 12.2. The first-order chi connectivity index (χ1) is 12.6. The molecule has 1 saturated heterocycles. The topological polar surface area (TPSA) is 67.4 Å². The van der Waals surface area contributed by atoms with Gasteiger partial charge in [0.2, 0.25) is 0 Å². The number of amides is 1. The summed E-state index contributed by atoms with van der Waals surface area (Å²) in [5.74, 6) is 1.46. The number of carbonyl (C=O) groups excluding carboxylic acids is 1. The molecule has 0 atom stereocenters. The minimum Gasteiger partial charge on any atom is -0.378 e. The van der Waals surface area contributed by atoms with Crippen LogP contribution in [0.15, 0.2) is 36.7 Å². The Morgan fingerprint density at radius 3 is 2.62 bits per heavy atom. The summed E-state index contributed by atoms with van der Waals surface area (Å²) in [6.07, 6.45) is 2.57. The lowest BCUT2D eigenvalue weighted by Crippen LogP contribution is -2.36. The number of nitrogens with one attached hydrogen (secondary N) is 1. The van der Waals surface area contributed by atoms with Crippen LogP contribution in [0.1, 0.15) is 30.6 Å². The van der Waals surface area contributed by atoms with E-state index in [1.807, 2.05) is 30.3 Å². The van der Waals surface area contributed by atoms with Crippen molar-refractivity contribution in [2.75, 3.05) is 37.7 Å². The van der Waals surface area contributed by atoms with E-state index in [0.29, 0.717) is 18.0 Å². The third-order valence-electron chi connectivity index (χ3n) is 4.44. The van der Waals surface area contributed by atoms with Crippen molar-refractivity contribution in [2.45, 2.75) is 20.3 Å². The highest BCUT2D eigenvalue weighted by Gasteiger charge is 2.14. The molecule has 26 heavy (non-hydrogen) atoms. The van der Waals surface area contributed by atoms with Crippen LogP contribution in [0.3, 0.4) is 0 Å². The van der Waals surface area contributed by atoms with Gasteiger partial charge in [-0.1, -0.05) is 26.0 Å². The van der Waals surface area contributed by atoms with Gasteiger partial charge in [0, 0.05) is 36.8 Å². The Morgan fingerprint density at radius 1 is 1.19 bits per heavy atom. The van der Waals surface area contributed by atoms with Gasteiger partial charge >= 0.3 is 0 Å². The Labute approximate surface area is 154 Å². The highest BCUT2D eigenvalue weighted by molar-refractivity contribution is 5.94. The molecule has 1 aliphatic rings. The van der Waals surface area contributed by atoms with E-state index < -0.39 is 0 Å². The lowest BCUT2D eigenvalue weighted by Gasteiger charge is -2.27. The third-order valence-corrected chi connectivity index (χ3v) is 4.44. The van der Waals surface area contributed by atoms with Crippen LogP contribution in [-0.2, 0) is 4.74 Å². The second-order valence-corrected chi connectivity index (χ2v) is 6.88. The quantitative estimate of drug-likeness (QED) is 0.864. The summed E-state index contributed by atoms with van der Waals surface area (Å²) in [6, 6.07) is 9.54. The van der Waals surface area contributed by atoms with Crippen LogP contribution in [0.4, 0.5) is 5.82 Å². The van der Waals surface area contributed by atoms with Gasteiger partial charge in [0.1, 0.15) is 12.1 Å². The minimum absolute atomic E-state index is 0.0334. The molecule has 6 nitrogen and oxygen atoms in total. The molecule has 1 fully saturated rings. The minimum atomic E-state index is -0.0334. The van der Waals surface area contributed by atoms with E-state index in [-0.39, 0.29) is 5.91 Å². The van der Waals surface area contributed by atoms with Crippen molar-refractivity contribution in [1.29, 1.82) is 0 Å². The molecule has 3 rings (SSSR count). The van der Waals surface area contributed by atoms with Gasteiger partial charge in [0.05, 0.1) is 18.9 Å². The number of hydrogen-bond donors (Lipinski definition) is 1. The molecule has 0 saturated carbocycles. The largest absolute Gasteiger partial charge is 0.378 e. The number of carbonyl (C=O) groups is 1. The zero-order valence-electron chi connectivity index (χ0n) is 15.4. The molecule has 0 spiro atoms. The zero-order chi connectivity index (χ0) is 18.4. The Kier molecular flexibility index (Phi) is 6.17. The Bertz CT molecular complexity index is 725. The predicted molar refractivity (Wildman–Crippen MR) is 102 cm³/mol. The maximum Gasteiger partial charge on any atom is 0.251 e. The molecule has 2 aromatic rings. The van der Waals surface area contributed by atoms with Gasteiger partial charge in [-0.05, 0) is 24.5 Å². The summed E-state index contributed by atoms with van der Waals surface area (Å²) in [5.41, 5.74) is 2.49.